The molecule has 0 spiro atoms. The van der Waals surface area contributed by atoms with E-state index in [0.717, 1.165) is 23.5 Å². The second kappa shape index (κ2) is 5.79. The van der Waals surface area contributed by atoms with E-state index in [4.69, 9.17) is 0 Å². The molecule has 3 aromatic rings. The number of hydrogen-bond acceptors (Lipinski definition) is 2. The average molecular weight is 279 g/mol. The highest BCUT2D eigenvalue weighted by Crippen LogP contribution is 2.08. The minimum absolute atomic E-state index is 0.0458. The van der Waals surface area contributed by atoms with Gasteiger partial charge in [0.05, 0.1) is 5.69 Å². The van der Waals surface area contributed by atoms with Crippen molar-refractivity contribution < 1.29 is 4.79 Å². The molecule has 21 heavy (non-hydrogen) atoms. The number of pyridine rings is 1. The van der Waals surface area contributed by atoms with Crippen molar-refractivity contribution in [3.8, 4) is 0 Å². The van der Waals surface area contributed by atoms with Gasteiger partial charge in [-0.05, 0) is 31.2 Å². The Labute approximate surface area is 123 Å². The summed E-state index contributed by atoms with van der Waals surface area (Å²) in [6.07, 6.45) is 2.75. The quantitative estimate of drug-likeness (QED) is 0.798. The normalized spacial score (nSPS) is 10.7. The Morgan fingerprint density at radius 2 is 1.95 bits per heavy atom. The van der Waals surface area contributed by atoms with Gasteiger partial charge in [-0.25, -0.2) is 4.98 Å². The Hall–Kier alpha value is -2.62. The summed E-state index contributed by atoms with van der Waals surface area (Å²) in [5, 5.41) is 2.92. The van der Waals surface area contributed by atoms with Gasteiger partial charge in [0.25, 0.3) is 5.91 Å². The zero-order valence-electron chi connectivity index (χ0n) is 11.9. The van der Waals surface area contributed by atoms with Gasteiger partial charge < -0.3 is 9.72 Å². The van der Waals surface area contributed by atoms with Gasteiger partial charge in [0.1, 0.15) is 5.65 Å². The van der Waals surface area contributed by atoms with Crippen LogP contribution in [-0.4, -0.2) is 21.8 Å². The van der Waals surface area contributed by atoms with Crippen molar-refractivity contribution >= 4 is 11.6 Å². The van der Waals surface area contributed by atoms with Crippen molar-refractivity contribution in [2.45, 2.75) is 13.3 Å². The third kappa shape index (κ3) is 2.94. The summed E-state index contributed by atoms with van der Waals surface area (Å²) >= 11 is 0. The van der Waals surface area contributed by atoms with Crippen LogP contribution in [0.1, 0.15) is 21.7 Å². The van der Waals surface area contributed by atoms with Gasteiger partial charge in [0.2, 0.25) is 0 Å². The van der Waals surface area contributed by atoms with E-state index in [1.807, 2.05) is 48.7 Å². The van der Waals surface area contributed by atoms with Gasteiger partial charge in [0, 0.05) is 30.4 Å². The van der Waals surface area contributed by atoms with Crippen LogP contribution in [0.25, 0.3) is 5.65 Å². The Morgan fingerprint density at radius 1 is 1.14 bits per heavy atom. The van der Waals surface area contributed by atoms with E-state index in [-0.39, 0.29) is 5.91 Å². The monoisotopic (exact) mass is 279 g/mol. The van der Waals surface area contributed by atoms with E-state index >= 15 is 0 Å². The van der Waals surface area contributed by atoms with Crippen molar-refractivity contribution in [3.05, 3.63) is 71.7 Å². The summed E-state index contributed by atoms with van der Waals surface area (Å²) in [6.45, 7) is 2.63. The minimum Gasteiger partial charge on any atom is -0.352 e. The lowest BCUT2D eigenvalue weighted by Crippen LogP contribution is -2.25. The maximum Gasteiger partial charge on any atom is 0.251 e. The van der Waals surface area contributed by atoms with Crippen molar-refractivity contribution in [1.82, 2.24) is 14.7 Å². The molecule has 0 unspecified atom stereocenters. The highest BCUT2D eigenvalue weighted by Gasteiger charge is 2.06. The number of carbonyl (C=O) groups excluding carboxylic acids is 1. The molecule has 1 amide bonds. The molecule has 1 aromatic carbocycles. The fraction of sp³-hybridized carbons (Fsp3) is 0.176. The van der Waals surface area contributed by atoms with E-state index < -0.39 is 0 Å². The number of rotatable bonds is 4. The van der Waals surface area contributed by atoms with Gasteiger partial charge >= 0.3 is 0 Å². The molecule has 0 aliphatic carbocycles. The van der Waals surface area contributed by atoms with Gasteiger partial charge in [-0.15, -0.1) is 0 Å². The standard InChI is InChI=1S/C17H17N3O/c1-13-6-5-9-16-19-15(12-20(13)16)10-11-18-17(21)14-7-3-2-4-8-14/h2-9,12H,10-11H2,1H3,(H,18,21). The number of carbonyl (C=O) groups is 1. The van der Waals surface area contributed by atoms with Crippen LogP contribution in [0.3, 0.4) is 0 Å². The molecule has 2 aromatic heterocycles. The number of amides is 1. The topological polar surface area (TPSA) is 46.4 Å². The fourth-order valence-electron chi connectivity index (χ4n) is 2.31. The molecule has 0 saturated heterocycles. The summed E-state index contributed by atoms with van der Waals surface area (Å²) in [4.78, 5) is 16.5. The van der Waals surface area contributed by atoms with Crippen LogP contribution < -0.4 is 5.32 Å². The molecule has 0 fully saturated rings. The number of fused-ring (bicyclic) bond motifs is 1. The first kappa shape index (κ1) is 13.4. The SMILES string of the molecule is Cc1cccc2nc(CCNC(=O)c3ccccc3)cn12. The predicted molar refractivity (Wildman–Crippen MR) is 82.4 cm³/mol. The molecule has 4 heteroatoms. The lowest BCUT2D eigenvalue weighted by molar-refractivity contribution is 0.0954. The fourth-order valence-corrected chi connectivity index (χ4v) is 2.31. The third-order valence-electron chi connectivity index (χ3n) is 3.45. The first-order valence-electron chi connectivity index (χ1n) is 7.01. The Morgan fingerprint density at radius 3 is 2.71 bits per heavy atom. The number of benzene rings is 1. The highest BCUT2D eigenvalue weighted by molar-refractivity contribution is 5.94. The van der Waals surface area contributed by atoms with Gasteiger partial charge in [0.15, 0.2) is 0 Å². The molecule has 1 N–H and O–H groups in total. The van der Waals surface area contributed by atoms with Crippen LogP contribution in [0.4, 0.5) is 0 Å². The molecule has 0 radical (unpaired) electrons. The van der Waals surface area contributed by atoms with Crippen LogP contribution >= 0.6 is 0 Å². The van der Waals surface area contributed by atoms with Crippen LogP contribution in [0.15, 0.2) is 54.7 Å². The van der Waals surface area contributed by atoms with Crippen LogP contribution in [-0.2, 0) is 6.42 Å². The van der Waals surface area contributed by atoms with E-state index in [9.17, 15) is 4.79 Å². The van der Waals surface area contributed by atoms with Crippen molar-refractivity contribution in [1.29, 1.82) is 0 Å². The highest BCUT2D eigenvalue weighted by atomic mass is 16.1. The van der Waals surface area contributed by atoms with E-state index in [0.29, 0.717) is 12.1 Å². The van der Waals surface area contributed by atoms with Crippen molar-refractivity contribution in [3.63, 3.8) is 0 Å². The zero-order valence-corrected chi connectivity index (χ0v) is 11.9. The second-order valence-electron chi connectivity index (χ2n) is 5.00. The van der Waals surface area contributed by atoms with Gasteiger partial charge in [-0.3, -0.25) is 4.79 Å². The molecular weight excluding hydrogens is 262 g/mol. The van der Waals surface area contributed by atoms with E-state index in [1.165, 1.54) is 0 Å². The zero-order chi connectivity index (χ0) is 14.7. The lowest BCUT2D eigenvalue weighted by Gasteiger charge is -2.03. The summed E-state index contributed by atoms with van der Waals surface area (Å²) < 4.78 is 2.06. The maximum absolute atomic E-state index is 11.9. The predicted octanol–water partition coefficient (Wildman–Crippen LogP) is 2.62. The molecule has 0 aliphatic rings. The molecule has 0 bridgehead atoms. The summed E-state index contributed by atoms with van der Waals surface area (Å²) in [7, 11) is 0. The van der Waals surface area contributed by atoms with Crippen LogP contribution in [0, 0.1) is 6.92 Å². The van der Waals surface area contributed by atoms with Crippen LogP contribution in [0.5, 0.6) is 0 Å². The first-order chi connectivity index (χ1) is 10.2. The molecule has 3 rings (SSSR count). The third-order valence-corrected chi connectivity index (χ3v) is 3.45. The Bertz CT molecular complexity index is 762. The van der Waals surface area contributed by atoms with Gasteiger partial charge in [-0.1, -0.05) is 24.3 Å². The average Bonchev–Trinajstić information content (AvgIpc) is 2.92. The number of aromatic nitrogens is 2. The Balaban J connectivity index is 1.62. The molecule has 0 aliphatic heterocycles. The molecular formula is C17H17N3O. The number of nitrogens with zero attached hydrogens (tertiary/aromatic N) is 2. The van der Waals surface area contributed by atoms with Crippen molar-refractivity contribution in [2.24, 2.45) is 0 Å². The van der Waals surface area contributed by atoms with E-state index in [1.54, 1.807) is 0 Å². The lowest BCUT2D eigenvalue weighted by atomic mass is 10.2. The number of aryl methyl sites for hydroxylation is 1. The molecule has 106 valence electrons. The summed E-state index contributed by atoms with van der Waals surface area (Å²) in [6, 6.07) is 15.3. The van der Waals surface area contributed by atoms with Gasteiger partial charge in [-0.2, -0.15) is 0 Å². The Kier molecular flexibility index (Phi) is 3.69. The van der Waals surface area contributed by atoms with Crippen LogP contribution in [0.2, 0.25) is 0 Å². The molecule has 0 atom stereocenters. The summed E-state index contributed by atoms with van der Waals surface area (Å²) in [5.41, 5.74) is 3.76. The minimum atomic E-state index is -0.0458. The first-order valence-corrected chi connectivity index (χ1v) is 7.01. The number of hydrogen-bond donors (Lipinski definition) is 1. The molecule has 2 heterocycles. The smallest absolute Gasteiger partial charge is 0.251 e. The summed E-state index contributed by atoms with van der Waals surface area (Å²) in [5.74, 6) is -0.0458. The second-order valence-corrected chi connectivity index (χ2v) is 5.00. The number of nitrogens with one attached hydrogen (secondary N) is 1. The largest absolute Gasteiger partial charge is 0.352 e. The number of imidazole rings is 1. The van der Waals surface area contributed by atoms with E-state index in [2.05, 4.69) is 27.7 Å². The van der Waals surface area contributed by atoms with Crippen molar-refractivity contribution in [2.75, 3.05) is 6.54 Å². The molecule has 4 nitrogen and oxygen atoms in total. The maximum atomic E-state index is 11.9. The molecule has 0 saturated carbocycles.